The second kappa shape index (κ2) is 12.1. The molecule has 1 rings (SSSR count). The number of esters is 1. The van der Waals surface area contributed by atoms with Crippen molar-refractivity contribution < 1.29 is 19.1 Å². The normalized spacial score (nSPS) is 16.4. The Hall–Kier alpha value is -1.42. The molecule has 0 aliphatic heterocycles. The van der Waals surface area contributed by atoms with Gasteiger partial charge in [0.1, 0.15) is 0 Å². The van der Waals surface area contributed by atoms with Gasteiger partial charge in [0.2, 0.25) is 0 Å². The third kappa shape index (κ3) is 9.90. The van der Waals surface area contributed by atoms with Crippen LogP contribution in [0.15, 0.2) is 23.3 Å². The van der Waals surface area contributed by atoms with E-state index >= 15 is 0 Å². The smallest absolute Gasteiger partial charge is 0.305 e. The van der Waals surface area contributed by atoms with Crippen LogP contribution in [-0.2, 0) is 19.1 Å². The predicted molar refractivity (Wildman–Crippen MR) is 110 cm³/mol. The van der Waals surface area contributed by atoms with Gasteiger partial charge in [-0.15, -0.1) is 0 Å². The molecule has 1 aliphatic carbocycles. The van der Waals surface area contributed by atoms with Crippen molar-refractivity contribution in [2.45, 2.75) is 104 Å². The Balaban J connectivity index is 2.45. The molecule has 0 unspecified atom stereocenters. The van der Waals surface area contributed by atoms with Gasteiger partial charge >= 0.3 is 5.97 Å². The lowest BCUT2D eigenvalue weighted by Crippen LogP contribution is -2.25. The molecule has 0 amide bonds. The van der Waals surface area contributed by atoms with Crippen LogP contribution in [0, 0.1) is 0 Å². The molecule has 0 aromatic heterocycles. The summed E-state index contributed by atoms with van der Waals surface area (Å²) in [5.74, 6) is 0.180. The highest BCUT2D eigenvalue weighted by Gasteiger charge is 2.21. The van der Waals surface area contributed by atoms with E-state index in [1.54, 1.807) is 0 Å². The van der Waals surface area contributed by atoms with Crippen LogP contribution in [0.1, 0.15) is 91.9 Å². The zero-order chi connectivity index (χ0) is 20.3. The summed E-state index contributed by atoms with van der Waals surface area (Å²) >= 11 is 0. The molecule has 0 heterocycles. The molecule has 4 nitrogen and oxygen atoms in total. The summed E-state index contributed by atoms with van der Waals surface area (Å²) < 4.78 is 10.7. The van der Waals surface area contributed by atoms with Crippen molar-refractivity contribution in [3.63, 3.8) is 0 Å². The first kappa shape index (κ1) is 23.6. The van der Waals surface area contributed by atoms with Gasteiger partial charge in [0.05, 0.1) is 18.8 Å². The Kier molecular flexibility index (Phi) is 10.6. The number of ether oxygens (including phenoxy) is 2. The van der Waals surface area contributed by atoms with E-state index in [4.69, 9.17) is 4.74 Å². The maximum absolute atomic E-state index is 12.2. The number of carbonyl (C=O) groups is 2. The quantitative estimate of drug-likeness (QED) is 0.323. The Morgan fingerprint density at radius 2 is 1.78 bits per heavy atom. The average Bonchev–Trinajstić information content (AvgIpc) is 2.96. The van der Waals surface area contributed by atoms with Crippen molar-refractivity contribution in [2.75, 3.05) is 7.11 Å². The minimum absolute atomic E-state index is 0.0873. The fourth-order valence-corrected chi connectivity index (χ4v) is 3.35. The number of carbonyl (C=O) groups excluding carboxylic acids is 2. The highest BCUT2D eigenvalue weighted by Crippen LogP contribution is 2.29. The number of hydrogen-bond donors (Lipinski definition) is 0. The van der Waals surface area contributed by atoms with Crippen molar-refractivity contribution in [3.8, 4) is 0 Å². The molecule has 0 spiro atoms. The van der Waals surface area contributed by atoms with Crippen LogP contribution in [0.5, 0.6) is 0 Å². The Bertz CT molecular complexity index is 537. The number of methoxy groups -OCH3 is 1. The lowest BCUT2D eigenvalue weighted by Gasteiger charge is -2.25. The van der Waals surface area contributed by atoms with Crippen LogP contribution >= 0.6 is 0 Å². The van der Waals surface area contributed by atoms with Crippen LogP contribution in [0.4, 0.5) is 0 Å². The van der Waals surface area contributed by atoms with Gasteiger partial charge in [-0.3, -0.25) is 9.59 Å². The van der Waals surface area contributed by atoms with Crippen LogP contribution in [-0.4, -0.2) is 30.6 Å². The summed E-state index contributed by atoms with van der Waals surface area (Å²) in [6, 6.07) is 0. The van der Waals surface area contributed by atoms with Gasteiger partial charge in [0.25, 0.3) is 0 Å². The zero-order valence-corrected chi connectivity index (χ0v) is 17.9. The molecular formula is C23H38O4. The molecule has 0 saturated carbocycles. The van der Waals surface area contributed by atoms with Crippen molar-refractivity contribution >= 4 is 11.8 Å². The summed E-state index contributed by atoms with van der Waals surface area (Å²) in [6.45, 7) is 8.32. The van der Waals surface area contributed by atoms with Gasteiger partial charge < -0.3 is 9.47 Å². The van der Waals surface area contributed by atoms with Crippen molar-refractivity contribution in [1.82, 2.24) is 0 Å². The molecule has 0 N–H and O–H groups in total. The molecular weight excluding hydrogens is 340 g/mol. The highest BCUT2D eigenvalue weighted by atomic mass is 16.5. The first-order valence-corrected chi connectivity index (χ1v) is 10.4. The van der Waals surface area contributed by atoms with E-state index in [9.17, 15) is 9.59 Å². The van der Waals surface area contributed by atoms with E-state index in [0.717, 1.165) is 56.9 Å². The first-order chi connectivity index (χ1) is 12.8. The maximum Gasteiger partial charge on any atom is 0.305 e. The standard InChI is InChI=1S/C23H38O4/c1-6-19(27-23(2,3)4)16-14-18-15-17-21(24)20(18)12-10-8-7-9-11-13-22(25)26-5/h14,16,19H,6-13,15,17H2,1-5H3/b16-14+/t19-/m0/s1. The van der Waals surface area contributed by atoms with Crippen LogP contribution in [0.2, 0.25) is 0 Å². The Morgan fingerprint density at radius 3 is 2.41 bits per heavy atom. The van der Waals surface area contributed by atoms with Crippen molar-refractivity contribution in [3.05, 3.63) is 23.3 Å². The molecule has 1 atom stereocenters. The molecule has 0 fully saturated rings. The van der Waals surface area contributed by atoms with Gasteiger partial charge in [-0.05, 0) is 64.0 Å². The summed E-state index contributed by atoms with van der Waals surface area (Å²) in [6.07, 6.45) is 13.3. The number of unbranched alkanes of at least 4 members (excludes halogenated alkanes) is 4. The molecule has 0 saturated heterocycles. The summed E-state index contributed by atoms with van der Waals surface area (Å²) in [7, 11) is 1.43. The third-order valence-corrected chi connectivity index (χ3v) is 4.80. The maximum atomic E-state index is 12.2. The second-order valence-electron chi connectivity index (χ2n) is 8.31. The highest BCUT2D eigenvalue weighted by molar-refractivity contribution is 5.99. The van der Waals surface area contributed by atoms with Gasteiger partial charge in [-0.2, -0.15) is 0 Å². The van der Waals surface area contributed by atoms with E-state index in [1.807, 2.05) is 0 Å². The van der Waals surface area contributed by atoms with E-state index in [0.29, 0.717) is 18.6 Å². The fourth-order valence-electron chi connectivity index (χ4n) is 3.35. The topological polar surface area (TPSA) is 52.6 Å². The van der Waals surface area contributed by atoms with E-state index < -0.39 is 0 Å². The van der Waals surface area contributed by atoms with E-state index in [2.05, 4.69) is 44.6 Å². The number of ketones is 1. The van der Waals surface area contributed by atoms with Gasteiger partial charge in [-0.25, -0.2) is 0 Å². The SMILES string of the molecule is CC[C@@H](/C=C/C1=C(CCCCCCCC(=O)OC)C(=O)CC1)OC(C)(C)C. The van der Waals surface area contributed by atoms with E-state index in [1.165, 1.54) is 12.7 Å². The number of allylic oxidation sites excluding steroid dienone is 3. The molecule has 0 aromatic rings. The van der Waals surface area contributed by atoms with Crippen LogP contribution < -0.4 is 0 Å². The predicted octanol–water partition coefficient (Wildman–Crippen LogP) is 5.70. The monoisotopic (exact) mass is 378 g/mol. The number of Topliss-reactive ketones (excluding diaryl/α,β-unsaturated/α-hetero) is 1. The molecule has 1 aliphatic rings. The minimum Gasteiger partial charge on any atom is -0.469 e. The number of rotatable bonds is 12. The average molecular weight is 379 g/mol. The van der Waals surface area contributed by atoms with Gasteiger partial charge in [-0.1, -0.05) is 38.3 Å². The van der Waals surface area contributed by atoms with Crippen molar-refractivity contribution in [1.29, 1.82) is 0 Å². The molecule has 0 radical (unpaired) electrons. The second-order valence-corrected chi connectivity index (χ2v) is 8.31. The summed E-state index contributed by atoms with van der Waals surface area (Å²) in [5, 5.41) is 0. The largest absolute Gasteiger partial charge is 0.469 e. The Morgan fingerprint density at radius 1 is 1.11 bits per heavy atom. The van der Waals surface area contributed by atoms with Gasteiger partial charge in [0.15, 0.2) is 5.78 Å². The molecule has 27 heavy (non-hydrogen) atoms. The fraction of sp³-hybridized carbons (Fsp3) is 0.739. The third-order valence-electron chi connectivity index (χ3n) is 4.80. The lowest BCUT2D eigenvalue weighted by atomic mass is 10.0. The van der Waals surface area contributed by atoms with Crippen LogP contribution in [0.25, 0.3) is 0 Å². The number of hydrogen-bond acceptors (Lipinski definition) is 4. The molecule has 154 valence electrons. The Labute approximate surface area is 165 Å². The van der Waals surface area contributed by atoms with E-state index in [-0.39, 0.29) is 17.7 Å². The molecule has 0 bridgehead atoms. The molecule has 4 heteroatoms. The minimum atomic E-state index is -0.165. The summed E-state index contributed by atoms with van der Waals surface area (Å²) in [4.78, 5) is 23.3. The van der Waals surface area contributed by atoms with Crippen LogP contribution in [0.3, 0.4) is 0 Å². The first-order valence-electron chi connectivity index (χ1n) is 10.4. The summed E-state index contributed by atoms with van der Waals surface area (Å²) in [5.41, 5.74) is 2.05. The van der Waals surface area contributed by atoms with Crippen molar-refractivity contribution in [2.24, 2.45) is 0 Å². The molecule has 0 aromatic carbocycles. The zero-order valence-electron chi connectivity index (χ0n) is 17.9. The lowest BCUT2D eigenvalue weighted by molar-refractivity contribution is -0.140. The van der Waals surface area contributed by atoms with Gasteiger partial charge in [0, 0.05) is 12.8 Å².